The van der Waals surface area contributed by atoms with E-state index in [2.05, 4.69) is 26.6 Å². The van der Waals surface area contributed by atoms with Crippen LogP contribution in [0, 0.1) is 11.3 Å². The van der Waals surface area contributed by atoms with Gasteiger partial charge in [-0.15, -0.1) is 0 Å². The van der Waals surface area contributed by atoms with Crippen LogP contribution >= 0.6 is 0 Å². The predicted octanol–water partition coefficient (Wildman–Crippen LogP) is 3.78. The zero-order valence-electron chi connectivity index (χ0n) is 13.0. The molecule has 0 unspecified atom stereocenters. The normalized spacial score (nSPS) is 10.5. The van der Waals surface area contributed by atoms with E-state index in [9.17, 15) is 5.26 Å². The van der Waals surface area contributed by atoms with Crippen LogP contribution in [0.3, 0.4) is 0 Å². The number of hydrogen-bond acceptors (Lipinski definition) is 5. The number of nitrogens with one attached hydrogen (secondary N) is 2. The zero-order chi connectivity index (χ0) is 16.8. The number of aromatic nitrogens is 2. The van der Waals surface area contributed by atoms with Crippen molar-refractivity contribution in [2.75, 3.05) is 12.4 Å². The number of rotatable bonds is 5. The first-order chi connectivity index (χ1) is 11.8. The zero-order valence-corrected chi connectivity index (χ0v) is 13.0. The maximum Gasteiger partial charge on any atom is 0.172 e. The fourth-order valence-corrected chi connectivity index (χ4v) is 2.11. The highest BCUT2D eigenvalue weighted by molar-refractivity contribution is 5.83. The summed E-state index contributed by atoms with van der Waals surface area (Å²) in [5, 5.41) is 19.4. The summed E-state index contributed by atoms with van der Waals surface area (Å²) in [4.78, 5) is 4.32. The van der Waals surface area contributed by atoms with Crippen molar-refractivity contribution in [3.63, 3.8) is 0 Å². The number of aliphatic imine (C=N–C) groups is 1. The van der Waals surface area contributed by atoms with Gasteiger partial charge in [0.15, 0.2) is 11.6 Å². The summed E-state index contributed by atoms with van der Waals surface area (Å²) in [6.45, 7) is 0. The Balaban J connectivity index is 1.81. The van der Waals surface area contributed by atoms with Crippen molar-refractivity contribution < 1.29 is 4.74 Å². The average Bonchev–Trinajstić information content (AvgIpc) is 3.02. The molecule has 0 radical (unpaired) electrons. The molecule has 3 aromatic rings. The van der Waals surface area contributed by atoms with E-state index in [0.29, 0.717) is 17.2 Å². The minimum atomic E-state index is 0.364. The van der Waals surface area contributed by atoms with Crippen molar-refractivity contribution >= 4 is 23.5 Å². The Kier molecular flexibility index (Phi) is 4.54. The Hall–Kier alpha value is -3.59. The molecule has 0 saturated carbocycles. The van der Waals surface area contributed by atoms with E-state index >= 15 is 0 Å². The second-order valence-electron chi connectivity index (χ2n) is 4.93. The summed E-state index contributed by atoms with van der Waals surface area (Å²) in [6, 6.07) is 19.1. The van der Waals surface area contributed by atoms with Crippen LogP contribution in [0.5, 0.6) is 5.75 Å². The molecule has 118 valence electrons. The second kappa shape index (κ2) is 7.11. The monoisotopic (exact) mass is 317 g/mol. The van der Waals surface area contributed by atoms with Gasteiger partial charge in [0.25, 0.3) is 0 Å². The molecule has 24 heavy (non-hydrogen) atoms. The van der Waals surface area contributed by atoms with Crippen molar-refractivity contribution in [2.45, 2.75) is 0 Å². The Morgan fingerprint density at radius 3 is 2.58 bits per heavy atom. The molecule has 0 atom stereocenters. The van der Waals surface area contributed by atoms with Crippen LogP contribution in [-0.2, 0) is 0 Å². The van der Waals surface area contributed by atoms with Crippen LogP contribution in [0.1, 0.15) is 11.1 Å². The number of benzene rings is 2. The molecule has 0 aliphatic carbocycles. The van der Waals surface area contributed by atoms with Crippen LogP contribution in [0.2, 0.25) is 0 Å². The third-order valence-electron chi connectivity index (χ3n) is 3.35. The fraction of sp³-hybridized carbons (Fsp3) is 0.0556. The molecule has 0 saturated heterocycles. The number of methoxy groups -OCH3 is 1. The van der Waals surface area contributed by atoms with E-state index in [0.717, 1.165) is 17.0 Å². The molecular formula is C18H15N5O. The highest BCUT2D eigenvalue weighted by atomic mass is 16.5. The number of para-hydroxylation sites is 1. The molecule has 0 bridgehead atoms. The Morgan fingerprint density at radius 1 is 1.17 bits per heavy atom. The number of H-pyrrole nitrogens is 1. The van der Waals surface area contributed by atoms with Gasteiger partial charge in [-0.25, -0.2) is 4.99 Å². The standard InChI is InChI=1S/C18H15N5O/c1-24-15-9-7-13(8-10-15)12-20-17-16(11-19)18(23-22-17)21-14-5-3-2-4-6-14/h2-10,12H,1H3,(H2,21,22,23)/b20-12+. The molecule has 0 aliphatic heterocycles. The molecular weight excluding hydrogens is 302 g/mol. The number of ether oxygens (including phenoxy) is 1. The second-order valence-corrected chi connectivity index (χ2v) is 4.93. The topological polar surface area (TPSA) is 86.1 Å². The molecule has 2 aromatic carbocycles. The van der Waals surface area contributed by atoms with Gasteiger partial charge < -0.3 is 10.1 Å². The maximum atomic E-state index is 9.39. The summed E-state index contributed by atoms with van der Waals surface area (Å²) in [7, 11) is 1.62. The molecule has 1 aromatic heterocycles. The van der Waals surface area contributed by atoms with Crippen LogP contribution < -0.4 is 10.1 Å². The molecule has 1 heterocycles. The lowest BCUT2D eigenvalue weighted by molar-refractivity contribution is 0.415. The molecule has 3 rings (SSSR count). The number of nitrogens with zero attached hydrogens (tertiary/aromatic N) is 3. The Bertz CT molecular complexity index is 876. The quantitative estimate of drug-likeness (QED) is 0.701. The van der Waals surface area contributed by atoms with Crippen molar-refractivity contribution in [3.05, 3.63) is 65.7 Å². The summed E-state index contributed by atoms with van der Waals surface area (Å²) in [5.41, 5.74) is 2.11. The van der Waals surface area contributed by atoms with Crippen LogP contribution in [0.4, 0.5) is 17.3 Å². The van der Waals surface area contributed by atoms with Gasteiger partial charge in [-0.2, -0.15) is 10.4 Å². The van der Waals surface area contributed by atoms with Crippen LogP contribution in [0.15, 0.2) is 59.6 Å². The minimum absolute atomic E-state index is 0.364. The fourth-order valence-electron chi connectivity index (χ4n) is 2.11. The summed E-state index contributed by atoms with van der Waals surface area (Å²) in [6.07, 6.45) is 1.67. The van der Waals surface area contributed by atoms with Gasteiger partial charge in [-0.05, 0) is 42.0 Å². The molecule has 6 nitrogen and oxygen atoms in total. The van der Waals surface area contributed by atoms with E-state index in [1.807, 2.05) is 54.6 Å². The number of aromatic amines is 1. The summed E-state index contributed by atoms with van der Waals surface area (Å²) in [5.74, 6) is 1.64. The van der Waals surface area contributed by atoms with Crippen molar-refractivity contribution in [3.8, 4) is 11.8 Å². The van der Waals surface area contributed by atoms with E-state index in [-0.39, 0.29) is 0 Å². The van der Waals surface area contributed by atoms with Crippen molar-refractivity contribution in [1.82, 2.24) is 10.2 Å². The third kappa shape index (κ3) is 3.42. The first kappa shape index (κ1) is 15.3. The highest BCUT2D eigenvalue weighted by Crippen LogP contribution is 2.25. The SMILES string of the molecule is COc1ccc(/C=N/c2[nH]nc(Nc3ccccc3)c2C#N)cc1. The lowest BCUT2D eigenvalue weighted by atomic mass is 10.2. The molecule has 0 fully saturated rings. The average molecular weight is 317 g/mol. The third-order valence-corrected chi connectivity index (χ3v) is 3.35. The summed E-state index contributed by atoms with van der Waals surface area (Å²) >= 11 is 0. The van der Waals surface area contributed by atoms with E-state index < -0.39 is 0 Å². The van der Waals surface area contributed by atoms with Gasteiger partial charge in [-0.1, -0.05) is 18.2 Å². The molecule has 6 heteroatoms. The molecule has 0 amide bonds. The van der Waals surface area contributed by atoms with Crippen LogP contribution in [0.25, 0.3) is 0 Å². The maximum absolute atomic E-state index is 9.39. The minimum Gasteiger partial charge on any atom is -0.497 e. The number of anilines is 2. The highest BCUT2D eigenvalue weighted by Gasteiger charge is 2.12. The Labute approximate surface area is 139 Å². The first-order valence-corrected chi connectivity index (χ1v) is 7.29. The van der Waals surface area contributed by atoms with Gasteiger partial charge in [0.2, 0.25) is 0 Å². The van der Waals surface area contributed by atoms with Crippen molar-refractivity contribution in [2.24, 2.45) is 4.99 Å². The first-order valence-electron chi connectivity index (χ1n) is 7.29. The summed E-state index contributed by atoms with van der Waals surface area (Å²) < 4.78 is 5.12. The van der Waals surface area contributed by atoms with Gasteiger partial charge in [0.05, 0.1) is 7.11 Å². The lowest BCUT2D eigenvalue weighted by Gasteiger charge is -2.01. The predicted molar refractivity (Wildman–Crippen MR) is 93.3 cm³/mol. The smallest absolute Gasteiger partial charge is 0.172 e. The van der Waals surface area contributed by atoms with Gasteiger partial charge in [-0.3, -0.25) is 5.10 Å². The lowest BCUT2D eigenvalue weighted by Crippen LogP contribution is -1.92. The molecule has 0 aliphatic rings. The Morgan fingerprint density at radius 2 is 1.92 bits per heavy atom. The van der Waals surface area contributed by atoms with Gasteiger partial charge >= 0.3 is 0 Å². The molecule has 0 spiro atoms. The molecule has 2 N–H and O–H groups in total. The van der Waals surface area contributed by atoms with E-state index in [1.165, 1.54) is 0 Å². The largest absolute Gasteiger partial charge is 0.497 e. The van der Waals surface area contributed by atoms with Crippen molar-refractivity contribution in [1.29, 1.82) is 5.26 Å². The van der Waals surface area contributed by atoms with Gasteiger partial charge in [0.1, 0.15) is 17.4 Å². The number of hydrogen-bond donors (Lipinski definition) is 2. The van der Waals surface area contributed by atoms with E-state index in [1.54, 1.807) is 13.3 Å². The van der Waals surface area contributed by atoms with Crippen LogP contribution in [-0.4, -0.2) is 23.5 Å². The van der Waals surface area contributed by atoms with E-state index in [4.69, 9.17) is 4.74 Å². The van der Waals surface area contributed by atoms with Gasteiger partial charge in [0, 0.05) is 11.9 Å². The number of nitriles is 1.